The summed E-state index contributed by atoms with van der Waals surface area (Å²) in [4.78, 5) is 24.8. The Morgan fingerprint density at radius 3 is 2.91 bits per heavy atom. The van der Waals surface area contributed by atoms with E-state index in [1.807, 2.05) is 18.5 Å². The molecule has 0 amide bonds. The molecule has 120 valence electrons. The van der Waals surface area contributed by atoms with Crippen LogP contribution in [-0.4, -0.2) is 24.8 Å². The second-order valence-corrected chi connectivity index (χ2v) is 6.19. The second-order valence-electron chi connectivity index (χ2n) is 5.77. The molecular weight excluding hydrogens is 312 g/mol. The van der Waals surface area contributed by atoms with Gasteiger partial charge in [-0.3, -0.25) is 9.78 Å². The van der Waals surface area contributed by atoms with Gasteiger partial charge in [0, 0.05) is 25.1 Å². The lowest BCUT2D eigenvalue weighted by Gasteiger charge is -2.12. The molecule has 3 rings (SSSR count). The summed E-state index contributed by atoms with van der Waals surface area (Å²) in [5.41, 5.74) is 4.64. The number of halogens is 1. The number of aryl methyl sites for hydroxylation is 1. The third-order valence-corrected chi connectivity index (χ3v) is 4.37. The number of nitrogens with zero attached hydrogens (tertiary/aromatic N) is 4. The number of rotatable bonds is 6. The highest BCUT2D eigenvalue weighted by Gasteiger charge is 2.18. The average molecular weight is 331 g/mol. The average Bonchev–Trinajstić information content (AvgIpc) is 2.97. The number of hydrogen-bond donors (Lipinski definition) is 0. The van der Waals surface area contributed by atoms with Gasteiger partial charge in [-0.05, 0) is 36.6 Å². The zero-order chi connectivity index (χ0) is 16.4. The Labute approximate surface area is 139 Å². The maximum Gasteiger partial charge on any atom is 0.221 e. The first-order valence-electron chi connectivity index (χ1n) is 7.89. The SMILES string of the molecule is CCC(C)c1nc2cccnc2c2c1ncn2CCCC(=O)Cl. The van der Waals surface area contributed by atoms with Crippen molar-refractivity contribution in [1.82, 2.24) is 19.5 Å². The van der Waals surface area contributed by atoms with Crippen LogP contribution in [0.2, 0.25) is 0 Å². The summed E-state index contributed by atoms with van der Waals surface area (Å²) in [5.74, 6) is 0.329. The van der Waals surface area contributed by atoms with Gasteiger partial charge in [0.2, 0.25) is 5.24 Å². The van der Waals surface area contributed by atoms with Gasteiger partial charge in [-0.2, -0.15) is 0 Å². The van der Waals surface area contributed by atoms with E-state index in [1.165, 1.54) is 0 Å². The van der Waals surface area contributed by atoms with E-state index in [0.29, 0.717) is 25.3 Å². The molecule has 0 aliphatic heterocycles. The minimum atomic E-state index is -0.306. The van der Waals surface area contributed by atoms with E-state index < -0.39 is 0 Å². The fourth-order valence-electron chi connectivity index (χ4n) is 2.77. The molecule has 1 atom stereocenters. The van der Waals surface area contributed by atoms with Crippen LogP contribution in [-0.2, 0) is 11.3 Å². The first kappa shape index (κ1) is 15.9. The molecule has 0 aromatic carbocycles. The third-order valence-electron chi connectivity index (χ3n) is 4.18. The molecule has 0 radical (unpaired) electrons. The molecule has 23 heavy (non-hydrogen) atoms. The van der Waals surface area contributed by atoms with Gasteiger partial charge in [0.25, 0.3) is 0 Å². The first-order valence-corrected chi connectivity index (χ1v) is 8.27. The van der Waals surface area contributed by atoms with Crippen LogP contribution >= 0.6 is 11.6 Å². The molecule has 5 nitrogen and oxygen atoms in total. The number of pyridine rings is 2. The first-order chi connectivity index (χ1) is 11.1. The van der Waals surface area contributed by atoms with E-state index in [-0.39, 0.29) is 5.24 Å². The Bertz CT molecular complexity index is 858. The van der Waals surface area contributed by atoms with Crippen molar-refractivity contribution in [3.05, 3.63) is 30.4 Å². The molecule has 0 saturated heterocycles. The lowest BCUT2D eigenvalue weighted by atomic mass is 10.0. The Balaban J connectivity index is 2.15. The topological polar surface area (TPSA) is 60.7 Å². The normalized spacial score (nSPS) is 12.8. The lowest BCUT2D eigenvalue weighted by Crippen LogP contribution is -2.02. The van der Waals surface area contributed by atoms with Crippen molar-refractivity contribution >= 4 is 38.9 Å². The minimum Gasteiger partial charge on any atom is -0.329 e. The summed E-state index contributed by atoms with van der Waals surface area (Å²) in [6, 6.07) is 3.88. The highest BCUT2D eigenvalue weighted by atomic mass is 35.5. The maximum atomic E-state index is 10.9. The summed E-state index contributed by atoms with van der Waals surface area (Å²) < 4.78 is 2.05. The molecule has 0 spiro atoms. The van der Waals surface area contributed by atoms with Crippen molar-refractivity contribution in [2.75, 3.05) is 0 Å². The number of fused-ring (bicyclic) bond motifs is 3. The molecule has 0 fully saturated rings. The van der Waals surface area contributed by atoms with Crippen LogP contribution < -0.4 is 0 Å². The summed E-state index contributed by atoms with van der Waals surface area (Å²) in [6.45, 7) is 4.99. The Hall–Kier alpha value is -2.01. The Morgan fingerprint density at radius 1 is 1.35 bits per heavy atom. The van der Waals surface area contributed by atoms with Crippen molar-refractivity contribution in [3.63, 3.8) is 0 Å². The molecule has 0 saturated carbocycles. The molecule has 3 aromatic heterocycles. The summed E-state index contributed by atoms with van der Waals surface area (Å²) in [6.07, 6.45) is 5.62. The fraction of sp³-hybridized carbons (Fsp3) is 0.412. The van der Waals surface area contributed by atoms with E-state index in [1.54, 1.807) is 6.20 Å². The molecule has 1 unspecified atom stereocenters. The number of carbonyl (C=O) groups excluding carboxylic acids is 1. The van der Waals surface area contributed by atoms with Gasteiger partial charge in [0.05, 0.1) is 23.1 Å². The molecule has 3 heterocycles. The van der Waals surface area contributed by atoms with Crippen LogP contribution in [0.5, 0.6) is 0 Å². The molecule has 0 aliphatic rings. The second kappa shape index (κ2) is 6.62. The van der Waals surface area contributed by atoms with E-state index in [0.717, 1.165) is 34.2 Å². The Kier molecular flexibility index (Phi) is 4.57. The van der Waals surface area contributed by atoms with Crippen LogP contribution in [0.15, 0.2) is 24.7 Å². The van der Waals surface area contributed by atoms with Gasteiger partial charge >= 0.3 is 0 Å². The number of imidazole rings is 1. The predicted molar refractivity (Wildman–Crippen MR) is 91.6 cm³/mol. The summed E-state index contributed by atoms with van der Waals surface area (Å²) in [7, 11) is 0. The van der Waals surface area contributed by atoms with Crippen molar-refractivity contribution < 1.29 is 4.79 Å². The quantitative estimate of drug-likeness (QED) is 0.640. The molecular formula is C17H19ClN4O. The van der Waals surface area contributed by atoms with E-state index >= 15 is 0 Å². The van der Waals surface area contributed by atoms with Crippen molar-refractivity contribution in [2.45, 2.75) is 45.6 Å². The van der Waals surface area contributed by atoms with Crippen LogP contribution in [0.3, 0.4) is 0 Å². The Morgan fingerprint density at radius 2 is 2.17 bits per heavy atom. The predicted octanol–water partition coefficient (Wildman–Crippen LogP) is 4.04. The highest BCUT2D eigenvalue weighted by molar-refractivity contribution is 6.63. The van der Waals surface area contributed by atoms with Crippen LogP contribution in [0.25, 0.3) is 22.1 Å². The zero-order valence-corrected chi connectivity index (χ0v) is 14.0. The van der Waals surface area contributed by atoms with Gasteiger partial charge in [-0.25, -0.2) is 9.97 Å². The van der Waals surface area contributed by atoms with Gasteiger partial charge in [0.1, 0.15) is 11.0 Å². The third kappa shape index (κ3) is 3.06. The lowest BCUT2D eigenvalue weighted by molar-refractivity contribution is -0.111. The van der Waals surface area contributed by atoms with Gasteiger partial charge in [-0.15, -0.1) is 0 Å². The number of carbonyl (C=O) groups is 1. The van der Waals surface area contributed by atoms with Crippen LogP contribution in [0.1, 0.15) is 44.7 Å². The molecule has 0 aliphatic carbocycles. The summed E-state index contributed by atoms with van der Waals surface area (Å²) >= 11 is 5.43. The van der Waals surface area contributed by atoms with E-state index in [9.17, 15) is 4.79 Å². The standard InChI is InChI=1S/C17H19ClN4O/c1-3-11(2)14-16-17(15-12(21-14)6-4-8-19-15)22(10-20-16)9-5-7-13(18)23/h4,6,8,10-11H,3,5,7,9H2,1-2H3. The minimum absolute atomic E-state index is 0.306. The van der Waals surface area contributed by atoms with Crippen molar-refractivity contribution in [2.24, 2.45) is 0 Å². The fourth-order valence-corrected chi connectivity index (χ4v) is 2.90. The summed E-state index contributed by atoms with van der Waals surface area (Å²) in [5, 5.41) is -0.306. The monoisotopic (exact) mass is 330 g/mol. The van der Waals surface area contributed by atoms with Crippen molar-refractivity contribution in [1.29, 1.82) is 0 Å². The smallest absolute Gasteiger partial charge is 0.221 e. The van der Waals surface area contributed by atoms with Crippen LogP contribution in [0.4, 0.5) is 0 Å². The molecule has 0 N–H and O–H groups in total. The molecule has 3 aromatic rings. The van der Waals surface area contributed by atoms with E-state index in [4.69, 9.17) is 16.6 Å². The largest absolute Gasteiger partial charge is 0.329 e. The maximum absolute atomic E-state index is 10.9. The van der Waals surface area contributed by atoms with Crippen molar-refractivity contribution in [3.8, 4) is 0 Å². The number of hydrogen-bond acceptors (Lipinski definition) is 4. The van der Waals surface area contributed by atoms with Gasteiger partial charge in [0.15, 0.2) is 0 Å². The van der Waals surface area contributed by atoms with Gasteiger partial charge < -0.3 is 4.57 Å². The molecule has 6 heteroatoms. The van der Waals surface area contributed by atoms with Gasteiger partial charge in [-0.1, -0.05) is 13.8 Å². The van der Waals surface area contributed by atoms with E-state index in [2.05, 4.69) is 28.4 Å². The highest BCUT2D eigenvalue weighted by Crippen LogP contribution is 2.29. The zero-order valence-electron chi connectivity index (χ0n) is 13.3. The number of aromatic nitrogens is 4. The molecule has 0 bridgehead atoms. The van der Waals surface area contributed by atoms with Crippen LogP contribution in [0, 0.1) is 0 Å².